The molecule has 134 valence electrons. The van der Waals surface area contributed by atoms with E-state index in [9.17, 15) is 18.0 Å². The van der Waals surface area contributed by atoms with Crippen LogP contribution >= 0.6 is 0 Å². The van der Waals surface area contributed by atoms with Gasteiger partial charge in [-0.3, -0.25) is 9.59 Å². The summed E-state index contributed by atoms with van der Waals surface area (Å²) in [7, 11) is -3.94. The standard InChI is InChI=1S/C15H18N4O5S/c1-3-14(20)17-11-5-7-12(8-6-11)25(22,23)19-10-16-13(18-19)9-15(21)24-4-2/h5-8,10H,3-4,9H2,1-2H3,(H,17,20). The van der Waals surface area contributed by atoms with E-state index in [0.29, 0.717) is 16.2 Å². The molecule has 0 radical (unpaired) electrons. The van der Waals surface area contributed by atoms with Gasteiger partial charge in [-0.2, -0.15) is 8.42 Å². The largest absolute Gasteiger partial charge is 0.466 e. The number of hydrogen-bond acceptors (Lipinski definition) is 7. The van der Waals surface area contributed by atoms with Gasteiger partial charge < -0.3 is 10.1 Å². The number of nitrogens with zero attached hydrogens (tertiary/aromatic N) is 3. The first-order valence-corrected chi connectivity index (χ1v) is 9.02. The van der Waals surface area contributed by atoms with Gasteiger partial charge in [0.1, 0.15) is 12.7 Å². The molecule has 0 bridgehead atoms. The molecule has 0 saturated heterocycles. The second-order valence-electron chi connectivity index (χ2n) is 4.95. The van der Waals surface area contributed by atoms with E-state index in [2.05, 4.69) is 15.4 Å². The summed E-state index contributed by atoms with van der Waals surface area (Å²) in [5.74, 6) is -0.655. The molecular formula is C15H18N4O5S. The third kappa shape index (κ3) is 4.63. The SMILES string of the molecule is CCOC(=O)Cc1ncn(S(=O)(=O)c2ccc(NC(=O)CC)cc2)n1. The second-order valence-corrected chi connectivity index (χ2v) is 6.74. The third-order valence-corrected chi connectivity index (χ3v) is 4.67. The van der Waals surface area contributed by atoms with Gasteiger partial charge in [-0.05, 0) is 31.2 Å². The zero-order valence-corrected chi connectivity index (χ0v) is 14.6. The van der Waals surface area contributed by atoms with E-state index in [1.807, 2.05) is 0 Å². The van der Waals surface area contributed by atoms with Gasteiger partial charge >= 0.3 is 5.97 Å². The molecular weight excluding hydrogens is 348 g/mol. The van der Waals surface area contributed by atoms with Gasteiger partial charge in [0.25, 0.3) is 10.0 Å². The molecule has 1 amide bonds. The molecule has 0 aliphatic rings. The number of rotatable bonds is 7. The maximum Gasteiger partial charge on any atom is 0.313 e. The number of carbonyl (C=O) groups excluding carboxylic acids is 2. The average molecular weight is 366 g/mol. The Kier molecular flexibility index (Phi) is 5.86. The van der Waals surface area contributed by atoms with Crippen LogP contribution in [-0.4, -0.2) is 41.1 Å². The Morgan fingerprint density at radius 1 is 1.20 bits per heavy atom. The lowest BCUT2D eigenvalue weighted by Gasteiger charge is -2.06. The van der Waals surface area contributed by atoms with Crippen molar-refractivity contribution in [3.8, 4) is 0 Å². The molecule has 2 aromatic rings. The number of amides is 1. The number of esters is 1. The molecule has 2 rings (SSSR count). The zero-order valence-electron chi connectivity index (χ0n) is 13.8. The van der Waals surface area contributed by atoms with Gasteiger partial charge in [-0.1, -0.05) is 6.92 Å². The van der Waals surface area contributed by atoms with Gasteiger partial charge in [0.2, 0.25) is 5.91 Å². The average Bonchev–Trinajstić information content (AvgIpc) is 3.04. The minimum absolute atomic E-state index is 0.0189. The lowest BCUT2D eigenvalue weighted by Crippen LogP contribution is -2.15. The molecule has 25 heavy (non-hydrogen) atoms. The summed E-state index contributed by atoms with van der Waals surface area (Å²) in [6.45, 7) is 3.60. The maximum atomic E-state index is 12.5. The van der Waals surface area contributed by atoms with Crippen molar-refractivity contribution in [2.75, 3.05) is 11.9 Å². The van der Waals surface area contributed by atoms with Crippen LogP contribution < -0.4 is 5.32 Å². The van der Waals surface area contributed by atoms with E-state index < -0.39 is 16.0 Å². The normalized spacial score (nSPS) is 11.1. The summed E-state index contributed by atoms with van der Waals surface area (Å²) in [5, 5.41) is 6.44. The monoisotopic (exact) mass is 366 g/mol. The van der Waals surface area contributed by atoms with Crippen LogP contribution in [0.25, 0.3) is 0 Å². The summed E-state index contributed by atoms with van der Waals surface area (Å²) in [6.07, 6.45) is 1.14. The minimum Gasteiger partial charge on any atom is -0.466 e. The van der Waals surface area contributed by atoms with Gasteiger partial charge in [-0.15, -0.1) is 9.19 Å². The predicted octanol–water partition coefficient (Wildman–Crippen LogP) is 0.969. The molecule has 0 unspecified atom stereocenters. The van der Waals surface area contributed by atoms with E-state index in [1.54, 1.807) is 13.8 Å². The Morgan fingerprint density at radius 3 is 2.48 bits per heavy atom. The predicted molar refractivity (Wildman–Crippen MR) is 88.3 cm³/mol. The topological polar surface area (TPSA) is 120 Å². The summed E-state index contributed by atoms with van der Waals surface area (Å²) < 4.78 is 30.5. The smallest absolute Gasteiger partial charge is 0.313 e. The quantitative estimate of drug-likeness (QED) is 0.725. The molecule has 1 heterocycles. The molecule has 0 aliphatic carbocycles. The summed E-state index contributed by atoms with van der Waals surface area (Å²) in [4.78, 5) is 26.5. The summed E-state index contributed by atoms with van der Waals surface area (Å²) >= 11 is 0. The molecule has 0 atom stereocenters. The molecule has 1 aromatic carbocycles. The van der Waals surface area contributed by atoms with Gasteiger partial charge in [0, 0.05) is 12.1 Å². The van der Waals surface area contributed by atoms with Crippen LogP contribution in [0.4, 0.5) is 5.69 Å². The first kappa shape index (κ1) is 18.6. The van der Waals surface area contributed by atoms with E-state index in [4.69, 9.17) is 4.74 Å². The molecule has 0 aliphatic heterocycles. The fraction of sp³-hybridized carbons (Fsp3) is 0.333. The first-order valence-electron chi connectivity index (χ1n) is 7.58. The van der Waals surface area contributed by atoms with Crippen LogP contribution in [0, 0.1) is 0 Å². The van der Waals surface area contributed by atoms with E-state index in [-0.39, 0.29) is 29.7 Å². The van der Waals surface area contributed by atoms with Crippen molar-refractivity contribution in [1.29, 1.82) is 0 Å². The van der Waals surface area contributed by atoms with Crippen LogP contribution in [0.15, 0.2) is 35.5 Å². The number of benzene rings is 1. The molecule has 9 nitrogen and oxygen atoms in total. The van der Waals surface area contributed by atoms with E-state index in [1.165, 1.54) is 24.3 Å². The van der Waals surface area contributed by atoms with Crippen LogP contribution in [-0.2, 0) is 30.8 Å². The number of carbonyl (C=O) groups is 2. The Labute approximate surface area is 145 Å². The highest BCUT2D eigenvalue weighted by Gasteiger charge is 2.20. The van der Waals surface area contributed by atoms with Gasteiger partial charge in [-0.25, -0.2) is 4.98 Å². The van der Waals surface area contributed by atoms with Crippen molar-refractivity contribution in [1.82, 2.24) is 14.2 Å². The lowest BCUT2D eigenvalue weighted by atomic mass is 10.3. The molecule has 0 spiro atoms. The van der Waals surface area contributed by atoms with Crippen molar-refractivity contribution < 1.29 is 22.7 Å². The molecule has 0 fully saturated rings. The molecule has 10 heteroatoms. The summed E-state index contributed by atoms with van der Waals surface area (Å²) in [6, 6.07) is 5.68. The highest BCUT2D eigenvalue weighted by atomic mass is 32.2. The Morgan fingerprint density at radius 2 is 1.88 bits per heavy atom. The number of nitrogens with one attached hydrogen (secondary N) is 1. The number of hydrogen-bond donors (Lipinski definition) is 1. The Hall–Kier alpha value is -2.75. The Balaban J connectivity index is 2.17. The van der Waals surface area contributed by atoms with Gasteiger partial charge in [0.05, 0.1) is 11.5 Å². The highest BCUT2D eigenvalue weighted by Crippen LogP contribution is 2.16. The van der Waals surface area contributed by atoms with Gasteiger partial charge in [0.15, 0.2) is 5.82 Å². The van der Waals surface area contributed by atoms with Crippen LogP contribution in [0.1, 0.15) is 26.1 Å². The van der Waals surface area contributed by atoms with Crippen molar-refractivity contribution >= 4 is 27.6 Å². The van der Waals surface area contributed by atoms with Crippen LogP contribution in [0.3, 0.4) is 0 Å². The number of anilines is 1. The van der Waals surface area contributed by atoms with Crippen LogP contribution in [0.5, 0.6) is 0 Å². The van der Waals surface area contributed by atoms with E-state index >= 15 is 0 Å². The third-order valence-electron chi connectivity index (χ3n) is 3.13. The minimum atomic E-state index is -3.94. The number of ether oxygens (including phenoxy) is 1. The van der Waals surface area contributed by atoms with Crippen molar-refractivity contribution in [3.63, 3.8) is 0 Å². The molecule has 1 N–H and O–H groups in total. The van der Waals surface area contributed by atoms with Crippen LogP contribution in [0.2, 0.25) is 0 Å². The van der Waals surface area contributed by atoms with E-state index in [0.717, 1.165) is 6.33 Å². The Bertz CT molecular complexity index is 858. The fourth-order valence-electron chi connectivity index (χ4n) is 1.89. The van der Waals surface area contributed by atoms with Crippen molar-refractivity contribution in [3.05, 3.63) is 36.4 Å². The van der Waals surface area contributed by atoms with Crippen molar-refractivity contribution in [2.24, 2.45) is 0 Å². The molecule has 0 saturated carbocycles. The van der Waals surface area contributed by atoms with Crippen molar-refractivity contribution in [2.45, 2.75) is 31.6 Å². The second kappa shape index (κ2) is 7.88. The summed E-state index contributed by atoms with van der Waals surface area (Å²) in [5.41, 5.74) is 0.493. The maximum absolute atomic E-state index is 12.5. The molecule has 1 aromatic heterocycles. The first-order chi connectivity index (χ1) is 11.9. The lowest BCUT2D eigenvalue weighted by molar-refractivity contribution is -0.142. The highest BCUT2D eigenvalue weighted by molar-refractivity contribution is 7.89. The fourth-order valence-corrected chi connectivity index (χ4v) is 2.96. The number of aromatic nitrogens is 3. The zero-order chi connectivity index (χ0) is 18.4.